The van der Waals surface area contributed by atoms with E-state index >= 15 is 0 Å². The highest BCUT2D eigenvalue weighted by molar-refractivity contribution is 6.31. The van der Waals surface area contributed by atoms with Crippen LogP contribution in [0.3, 0.4) is 0 Å². The number of nitrogens with two attached hydrogens (primary N) is 1. The number of hydrogen-bond donors (Lipinski definition) is 1. The van der Waals surface area contributed by atoms with E-state index in [-0.39, 0.29) is 17.1 Å². The molecule has 0 amide bonds. The molecule has 12 heavy (non-hydrogen) atoms. The first-order valence-corrected chi connectivity index (χ1v) is 3.83. The summed E-state index contributed by atoms with van der Waals surface area (Å²) in [7, 11) is 0. The molecule has 0 heterocycles. The van der Waals surface area contributed by atoms with Crippen LogP contribution < -0.4 is 5.73 Å². The quantitative estimate of drug-likeness (QED) is 0.436. The molecule has 0 saturated heterocycles. The number of halogens is 2. The molecular formula is C8H7ClFNO. The van der Waals surface area contributed by atoms with Crippen molar-refractivity contribution in [3.8, 4) is 0 Å². The fourth-order valence-electron chi connectivity index (χ4n) is 0.902. The summed E-state index contributed by atoms with van der Waals surface area (Å²) in [5.74, 6) is -1.38. The van der Waals surface area contributed by atoms with Gasteiger partial charge in [0, 0.05) is 5.69 Å². The monoisotopic (exact) mass is 187 g/mol. The summed E-state index contributed by atoms with van der Waals surface area (Å²) in [6.45, 7) is 0. The molecule has 0 aliphatic rings. The van der Waals surface area contributed by atoms with Gasteiger partial charge in [0.05, 0.1) is 11.4 Å². The molecule has 0 bridgehead atoms. The van der Waals surface area contributed by atoms with Gasteiger partial charge >= 0.3 is 0 Å². The normalized spacial score (nSPS) is 9.83. The van der Waals surface area contributed by atoms with Crippen LogP contribution in [0.25, 0.3) is 0 Å². The van der Waals surface area contributed by atoms with Crippen molar-refractivity contribution < 1.29 is 9.18 Å². The Bertz CT molecular complexity index is 294. The Morgan fingerprint density at radius 2 is 2.25 bits per heavy atom. The van der Waals surface area contributed by atoms with Crippen molar-refractivity contribution in [2.45, 2.75) is 0 Å². The molecule has 0 aliphatic carbocycles. The van der Waals surface area contributed by atoms with Gasteiger partial charge in [-0.3, -0.25) is 4.79 Å². The zero-order chi connectivity index (χ0) is 9.14. The molecule has 0 aromatic heterocycles. The van der Waals surface area contributed by atoms with Gasteiger partial charge in [0.25, 0.3) is 0 Å². The van der Waals surface area contributed by atoms with E-state index in [1.165, 1.54) is 18.2 Å². The Morgan fingerprint density at radius 3 is 2.75 bits per heavy atom. The zero-order valence-corrected chi connectivity index (χ0v) is 6.94. The maximum Gasteiger partial charge on any atom is 0.182 e. The number of carbonyl (C=O) groups is 1. The summed E-state index contributed by atoms with van der Waals surface area (Å²) >= 11 is 5.26. The number of nitrogen functional groups attached to an aromatic ring is 1. The van der Waals surface area contributed by atoms with Crippen LogP contribution in [0.1, 0.15) is 10.4 Å². The lowest BCUT2D eigenvalue weighted by atomic mass is 10.1. The minimum Gasteiger partial charge on any atom is -0.398 e. The lowest BCUT2D eigenvalue weighted by molar-refractivity contribution is 0.101. The molecule has 2 N–H and O–H groups in total. The smallest absolute Gasteiger partial charge is 0.182 e. The van der Waals surface area contributed by atoms with Gasteiger partial charge in [0.1, 0.15) is 5.82 Å². The molecule has 0 radical (unpaired) electrons. The van der Waals surface area contributed by atoms with E-state index in [9.17, 15) is 9.18 Å². The van der Waals surface area contributed by atoms with Crippen molar-refractivity contribution in [2.24, 2.45) is 0 Å². The minimum absolute atomic E-state index is 0.118. The molecular weight excluding hydrogens is 181 g/mol. The SMILES string of the molecule is Nc1cccc(F)c1C(=O)CCl. The maximum atomic E-state index is 12.9. The third-order valence-corrected chi connectivity index (χ3v) is 1.69. The highest BCUT2D eigenvalue weighted by Gasteiger charge is 2.13. The van der Waals surface area contributed by atoms with Gasteiger partial charge in [-0.05, 0) is 12.1 Å². The van der Waals surface area contributed by atoms with Crippen LogP contribution >= 0.6 is 11.6 Å². The number of alkyl halides is 1. The first-order valence-electron chi connectivity index (χ1n) is 3.30. The fourth-order valence-corrected chi connectivity index (χ4v) is 1.04. The summed E-state index contributed by atoms with van der Waals surface area (Å²) in [6.07, 6.45) is 0. The Kier molecular flexibility index (Phi) is 2.65. The molecule has 0 atom stereocenters. The Labute approximate surface area is 74.1 Å². The van der Waals surface area contributed by atoms with Gasteiger partial charge in [0.2, 0.25) is 0 Å². The van der Waals surface area contributed by atoms with E-state index in [4.69, 9.17) is 17.3 Å². The van der Waals surface area contributed by atoms with Gasteiger partial charge in [-0.1, -0.05) is 6.07 Å². The number of benzene rings is 1. The summed E-state index contributed by atoms with van der Waals surface area (Å²) in [6, 6.07) is 4.08. The lowest BCUT2D eigenvalue weighted by Crippen LogP contribution is -2.07. The van der Waals surface area contributed by atoms with Gasteiger partial charge in [0.15, 0.2) is 5.78 Å². The van der Waals surface area contributed by atoms with E-state index in [0.29, 0.717) is 0 Å². The largest absolute Gasteiger partial charge is 0.398 e. The molecule has 2 nitrogen and oxygen atoms in total. The van der Waals surface area contributed by atoms with Crippen LogP contribution in [-0.2, 0) is 0 Å². The highest BCUT2D eigenvalue weighted by Crippen LogP contribution is 2.16. The van der Waals surface area contributed by atoms with E-state index in [2.05, 4.69) is 0 Å². The van der Waals surface area contributed by atoms with Crippen molar-refractivity contribution in [3.05, 3.63) is 29.6 Å². The summed E-state index contributed by atoms with van der Waals surface area (Å²) in [5, 5.41) is 0. The predicted octanol–water partition coefficient (Wildman–Crippen LogP) is 1.83. The average molecular weight is 188 g/mol. The van der Waals surface area contributed by atoms with Crippen LogP contribution in [0.15, 0.2) is 18.2 Å². The van der Waals surface area contributed by atoms with Gasteiger partial charge in [-0.2, -0.15) is 0 Å². The van der Waals surface area contributed by atoms with Crippen molar-refractivity contribution in [1.29, 1.82) is 0 Å². The van der Waals surface area contributed by atoms with Crippen LogP contribution in [0, 0.1) is 5.82 Å². The summed E-state index contributed by atoms with van der Waals surface area (Å²) < 4.78 is 12.9. The van der Waals surface area contributed by atoms with Crippen molar-refractivity contribution >= 4 is 23.1 Å². The molecule has 0 unspecified atom stereocenters. The number of ketones is 1. The molecule has 0 fully saturated rings. The van der Waals surface area contributed by atoms with Gasteiger partial charge in [-0.15, -0.1) is 11.6 Å². The zero-order valence-electron chi connectivity index (χ0n) is 6.18. The Morgan fingerprint density at radius 1 is 1.58 bits per heavy atom. The number of Topliss-reactive ketones (excluding diaryl/α,β-unsaturated/α-hetero) is 1. The summed E-state index contributed by atoms with van der Waals surface area (Å²) in [4.78, 5) is 11.0. The first kappa shape index (κ1) is 9.00. The Balaban J connectivity index is 3.21. The second-order valence-electron chi connectivity index (χ2n) is 2.26. The summed E-state index contributed by atoms with van der Waals surface area (Å²) in [5.41, 5.74) is 5.39. The molecule has 1 aromatic carbocycles. The molecule has 4 heteroatoms. The van der Waals surface area contributed by atoms with Crippen molar-refractivity contribution in [2.75, 3.05) is 11.6 Å². The topological polar surface area (TPSA) is 43.1 Å². The number of carbonyl (C=O) groups excluding carboxylic acids is 1. The number of hydrogen-bond acceptors (Lipinski definition) is 2. The third kappa shape index (κ3) is 1.56. The second-order valence-corrected chi connectivity index (χ2v) is 2.53. The average Bonchev–Trinajstić information content (AvgIpc) is 2.03. The van der Waals surface area contributed by atoms with Crippen LogP contribution in [0.4, 0.5) is 10.1 Å². The van der Waals surface area contributed by atoms with Crippen LogP contribution in [0.5, 0.6) is 0 Å². The van der Waals surface area contributed by atoms with Gasteiger partial charge in [-0.25, -0.2) is 4.39 Å². The maximum absolute atomic E-state index is 12.9. The highest BCUT2D eigenvalue weighted by atomic mass is 35.5. The van der Waals surface area contributed by atoms with E-state index in [1.54, 1.807) is 0 Å². The molecule has 1 rings (SSSR count). The Hall–Kier alpha value is -1.09. The molecule has 64 valence electrons. The van der Waals surface area contributed by atoms with Crippen molar-refractivity contribution in [1.82, 2.24) is 0 Å². The van der Waals surface area contributed by atoms with E-state index in [0.717, 1.165) is 0 Å². The van der Waals surface area contributed by atoms with Gasteiger partial charge < -0.3 is 5.73 Å². The van der Waals surface area contributed by atoms with Crippen LogP contribution in [-0.4, -0.2) is 11.7 Å². The van der Waals surface area contributed by atoms with Crippen LogP contribution in [0.2, 0.25) is 0 Å². The molecule has 0 spiro atoms. The molecule has 0 saturated carbocycles. The van der Waals surface area contributed by atoms with E-state index in [1.807, 2.05) is 0 Å². The molecule has 0 aliphatic heterocycles. The number of rotatable bonds is 2. The van der Waals surface area contributed by atoms with E-state index < -0.39 is 11.6 Å². The lowest BCUT2D eigenvalue weighted by Gasteiger charge is -2.02. The fraction of sp³-hybridized carbons (Fsp3) is 0.125. The molecule has 1 aromatic rings. The standard InChI is InChI=1S/C8H7ClFNO/c9-4-7(12)8-5(10)2-1-3-6(8)11/h1-3H,4,11H2. The van der Waals surface area contributed by atoms with Crippen molar-refractivity contribution in [3.63, 3.8) is 0 Å². The second kappa shape index (κ2) is 3.54. The first-order chi connectivity index (χ1) is 5.66. The predicted molar refractivity (Wildman–Crippen MR) is 45.9 cm³/mol. The number of anilines is 1. The minimum atomic E-state index is -0.624. The third-order valence-electron chi connectivity index (χ3n) is 1.45.